The molecule has 0 atom stereocenters. The Morgan fingerprint density at radius 1 is 0.714 bits per heavy atom. The third-order valence-electron chi connectivity index (χ3n) is 3.47. The van der Waals surface area contributed by atoms with E-state index < -0.39 is 0 Å². The van der Waals surface area contributed by atoms with Gasteiger partial charge in [0.1, 0.15) is 0 Å². The van der Waals surface area contributed by atoms with Crippen LogP contribution in [0.3, 0.4) is 0 Å². The molecule has 0 bridgehead atoms. The zero-order valence-electron chi connectivity index (χ0n) is 11.2. The molecule has 3 aromatic rings. The molecular weight excluding hydrogens is 264 g/mol. The number of benzene rings is 1. The van der Waals surface area contributed by atoms with Crippen molar-refractivity contribution < 1.29 is 9.59 Å². The van der Waals surface area contributed by atoms with E-state index >= 15 is 0 Å². The quantitative estimate of drug-likeness (QED) is 0.704. The second-order valence-electron chi connectivity index (χ2n) is 4.82. The number of H-pyrrole nitrogens is 2. The predicted octanol–water partition coefficient (Wildman–Crippen LogP) is 3.15. The van der Waals surface area contributed by atoms with Crippen molar-refractivity contribution in [3.8, 4) is 0 Å². The van der Waals surface area contributed by atoms with Gasteiger partial charge in [-0.05, 0) is 29.8 Å². The fraction of sp³-hybridized carbons (Fsp3) is 0.0588. The summed E-state index contributed by atoms with van der Waals surface area (Å²) in [5, 5.41) is 0. The minimum absolute atomic E-state index is 0.0754. The van der Waals surface area contributed by atoms with E-state index in [1.807, 2.05) is 42.5 Å². The van der Waals surface area contributed by atoms with Gasteiger partial charge in [0, 0.05) is 11.4 Å². The van der Waals surface area contributed by atoms with Crippen LogP contribution >= 0.6 is 0 Å². The average Bonchev–Trinajstić information content (AvgIpc) is 3.18. The number of aromatic amines is 2. The van der Waals surface area contributed by atoms with Gasteiger partial charge in [-0.15, -0.1) is 0 Å². The molecule has 0 amide bonds. The zero-order chi connectivity index (χ0) is 14.7. The second kappa shape index (κ2) is 5.63. The van der Waals surface area contributed by atoms with Gasteiger partial charge in [0.25, 0.3) is 0 Å². The standard InChI is InChI=1S/C17H14N2O2/c20-10-13-6-8-15(18-13)17(12-4-2-1-3-5-12)16-9-7-14(11-21)19-16/h1-11,17-19H. The maximum absolute atomic E-state index is 10.9. The van der Waals surface area contributed by atoms with Gasteiger partial charge in [0.15, 0.2) is 12.6 Å². The molecule has 4 nitrogen and oxygen atoms in total. The maximum atomic E-state index is 10.9. The molecule has 0 aliphatic carbocycles. The summed E-state index contributed by atoms with van der Waals surface area (Å²) in [5.74, 6) is -0.0754. The van der Waals surface area contributed by atoms with Crippen molar-refractivity contribution in [3.05, 3.63) is 82.9 Å². The topological polar surface area (TPSA) is 65.7 Å². The Hall–Kier alpha value is -2.88. The summed E-state index contributed by atoms with van der Waals surface area (Å²) in [6.07, 6.45) is 1.58. The molecule has 0 aliphatic rings. The summed E-state index contributed by atoms with van der Waals surface area (Å²) >= 11 is 0. The molecule has 1 aromatic carbocycles. The smallest absolute Gasteiger partial charge is 0.166 e. The van der Waals surface area contributed by atoms with Gasteiger partial charge in [-0.1, -0.05) is 30.3 Å². The highest BCUT2D eigenvalue weighted by Crippen LogP contribution is 2.30. The van der Waals surface area contributed by atoms with Gasteiger partial charge in [-0.3, -0.25) is 9.59 Å². The molecule has 2 N–H and O–H groups in total. The second-order valence-corrected chi connectivity index (χ2v) is 4.82. The monoisotopic (exact) mass is 278 g/mol. The molecule has 0 unspecified atom stereocenters. The zero-order valence-corrected chi connectivity index (χ0v) is 11.2. The molecule has 21 heavy (non-hydrogen) atoms. The molecule has 0 aliphatic heterocycles. The number of hydrogen-bond acceptors (Lipinski definition) is 2. The number of rotatable bonds is 5. The van der Waals surface area contributed by atoms with Gasteiger partial charge < -0.3 is 9.97 Å². The Balaban J connectivity index is 2.10. The van der Waals surface area contributed by atoms with Crippen molar-refractivity contribution in [2.45, 2.75) is 5.92 Å². The number of nitrogens with one attached hydrogen (secondary N) is 2. The third kappa shape index (κ3) is 2.56. The van der Waals surface area contributed by atoms with Crippen molar-refractivity contribution >= 4 is 12.6 Å². The van der Waals surface area contributed by atoms with E-state index in [-0.39, 0.29) is 5.92 Å². The lowest BCUT2D eigenvalue weighted by atomic mass is 9.93. The minimum Gasteiger partial charge on any atom is -0.355 e. The van der Waals surface area contributed by atoms with Crippen LogP contribution in [0.1, 0.15) is 43.8 Å². The summed E-state index contributed by atoms with van der Waals surface area (Å²) in [4.78, 5) is 28.0. The fourth-order valence-electron chi connectivity index (χ4n) is 2.51. The van der Waals surface area contributed by atoms with Crippen LogP contribution in [0.5, 0.6) is 0 Å². The fourth-order valence-corrected chi connectivity index (χ4v) is 2.51. The molecule has 2 heterocycles. The van der Waals surface area contributed by atoms with Crippen molar-refractivity contribution in [2.75, 3.05) is 0 Å². The summed E-state index contributed by atoms with van der Waals surface area (Å²) < 4.78 is 0. The first-order valence-corrected chi connectivity index (χ1v) is 6.65. The summed E-state index contributed by atoms with van der Waals surface area (Å²) in [7, 11) is 0. The Morgan fingerprint density at radius 3 is 1.67 bits per heavy atom. The Labute approximate surface area is 121 Å². The number of carbonyl (C=O) groups is 2. The van der Waals surface area contributed by atoms with Crippen LogP contribution in [0.25, 0.3) is 0 Å². The molecule has 0 radical (unpaired) electrons. The molecule has 2 aromatic heterocycles. The average molecular weight is 278 g/mol. The number of aldehydes is 2. The summed E-state index contributed by atoms with van der Waals surface area (Å²) in [6.45, 7) is 0. The van der Waals surface area contributed by atoms with Crippen LogP contribution in [0, 0.1) is 0 Å². The van der Waals surface area contributed by atoms with E-state index in [9.17, 15) is 9.59 Å². The highest BCUT2D eigenvalue weighted by atomic mass is 16.1. The lowest BCUT2D eigenvalue weighted by molar-refractivity contribution is 0.111. The maximum Gasteiger partial charge on any atom is 0.166 e. The van der Waals surface area contributed by atoms with Crippen molar-refractivity contribution in [2.24, 2.45) is 0 Å². The van der Waals surface area contributed by atoms with E-state index in [2.05, 4.69) is 9.97 Å². The van der Waals surface area contributed by atoms with Crippen molar-refractivity contribution in [1.82, 2.24) is 9.97 Å². The van der Waals surface area contributed by atoms with Crippen LogP contribution in [-0.4, -0.2) is 22.5 Å². The first-order chi connectivity index (χ1) is 10.3. The van der Waals surface area contributed by atoms with Crippen molar-refractivity contribution in [3.63, 3.8) is 0 Å². The van der Waals surface area contributed by atoms with Gasteiger partial charge in [-0.25, -0.2) is 0 Å². The largest absolute Gasteiger partial charge is 0.355 e. The van der Waals surface area contributed by atoms with E-state index in [1.54, 1.807) is 12.1 Å². The Morgan fingerprint density at radius 2 is 1.24 bits per heavy atom. The number of carbonyl (C=O) groups excluding carboxylic acids is 2. The lowest BCUT2D eigenvalue weighted by Gasteiger charge is -2.15. The van der Waals surface area contributed by atoms with E-state index in [0.717, 1.165) is 29.5 Å². The normalized spacial score (nSPS) is 10.7. The van der Waals surface area contributed by atoms with Crippen LogP contribution in [0.4, 0.5) is 0 Å². The molecule has 0 saturated carbocycles. The highest BCUT2D eigenvalue weighted by Gasteiger charge is 2.19. The van der Waals surface area contributed by atoms with Crippen LogP contribution in [0.15, 0.2) is 54.6 Å². The molecule has 4 heteroatoms. The number of hydrogen-bond donors (Lipinski definition) is 2. The first-order valence-electron chi connectivity index (χ1n) is 6.65. The lowest BCUT2D eigenvalue weighted by Crippen LogP contribution is -2.04. The van der Waals surface area contributed by atoms with Crippen LogP contribution in [0.2, 0.25) is 0 Å². The van der Waals surface area contributed by atoms with Gasteiger partial charge >= 0.3 is 0 Å². The van der Waals surface area contributed by atoms with E-state index in [4.69, 9.17) is 0 Å². The van der Waals surface area contributed by atoms with Gasteiger partial charge in [-0.2, -0.15) is 0 Å². The van der Waals surface area contributed by atoms with Gasteiger partial charge in [0.2, 0.25) is 0 Å². The van der Waals surface area contributed by atoms with Crippen LogP contribution < -0.4 is 0 Å². The molecule has 104 valence electrons. The minimum atomic E-state index is -0.0754. The first kappa shape index (κ1) is 13.1. The van der Waals surface area contributed by atoms with Gasteiger partial charge in [0.05, 0.1) is 17.3 Å². The molecule has 0 spiro atoms. The highest BCUT2D eigenvalue weighted by molar-refractivity contribution is 5.73. The Kier molecular flexibility index (Phi) is 3.51. The third-order valence-corrected chi connectivity index (χ3v) is 3.47. The van der Waals surface area contributed by atoms with Crippen LogP contribution in [-0.2, 0) is 0 Å². The molecular formula is C17H14N2O2. The van der Waals surface area contributed by atoms with E-state index in [0.29, 0.717) is 11.4 Å². The molecule has 0 saturated heterocycles. The summed E-state index contributed by atoms with van der Waals surface area (Å²) in [6, 6.07) is 17.2. The van der Waals surface area contributed by atoms with E-state index in [1.165, 1.54) is 0 Å². The van der Waals surface area contributed by atoms with Crippen molar-refractivity contribution in [1.29, 1.82) is 0 Å². The SMILES string of the molecule is O=Cc1ccc(C(c2ccccc2)c2ccc(C=O)[nH]2)[nH]1. The number of aromatic nitrogens is 2. The predicted molar refractivity (Wildman–Crippen MR) is 79.7 cm³/mol. The summed E-state index contributed by atoms with van der Waals surface area (Å²) in [5.41, 5.74) is 3.96. The molecule has 3 rings (SSSR count). The molecule has 0 fully saturated rings. The Bertz CT molecular complexity index is 710.